The van der Waals surface area contributed by atoms with Crippen molar-refractivity contribution >= 4 is 27.8 Å². The van der Waals surface area contributed by atoms with Crippen LogP contribution >= 0.6 is 0 Å². The van der Waals surface area contributed by atoms with Crippen molar-refractivity contribution in [3.63, 3.8) is 0 Å². The van der Waals surface area contributed by atoms with Crippen molar-refractivity contribution in [3.8, 4) is 0 Å². The molecule has 0 radical (unpaired) electrons. The van der Waals surface area contributed by atoms with Crippen LogP contribution in [0.5, 0.6) is 0 Å². The Morgan fingerprint density at radius 2 is 2.04 bits per heavy atom. The van der Waals surface area contributed by atoms with Crippen LogP contribution in [0.25, 0.3) is 0 Å². The average Bonchev–Trinajstić information content (AvgIpc) is 2.82. The first-order valence-corrected chi connectivity index (χ1v) is 9.18. The molecule has 0 saturated carbocycles. The summed E-state index contributed by atoms with van der Waals surface area (Å²) in [5.41, 5.74) is 1.66. The first-order valence-electron chi connectivity index (χ1n) is 7.36. The molecule has 8 nitrogen and oxygen atoms in total. The zero-order chi connectivity index (χ0) is 17.5. The lowest BCUT2D eigenvalue weighted by Gasteiger charge is -2.29. The van der Waals surface area contributed by atoms with Gasteiger partial charge in [0.05, 0.1) is 12.9 Å². The van der Waals surface area contributed by atoms with Gasteiger partial charge in [0.2, 0.25) is 11.8 Å². The minimum absolute atomic E-state index is 0.168. The maximum atomic E-state index is 12.6. The number of nitrogens with zero attached hydrogens (tertiary/aromatic N) is 1. The van der Waals surface area contributed by atoms with Gasteiger partial charge in [0.1, 0.15) is 6.04 Å². The molecular weight excluding hydrogens is 336 g/mol. The first-order chi connectivity index (χ1) is 11.3. The maximum Gasteiger partial charge on any atom is 0.264 e. The van der Waals surface area contributed by atoms with Gasteiger partial charge in [-0.2, -0.15) is 8.42 Å². The molecule has 3 rings (SSSR count). The molecule has 1 aromatic rings. The van der Waals surface area contributed by atoms with E-state index in [0.717, 1.165) is 6.26 Å². The first kappa shape index (κ1) is 16.6. The number of nitrogens with one attached hydrogen (secondary N) is 1. The third-order valence-electron chi connectivity index (χ3n) is 4.11. The summed E-state index contributed by atoms with van der Waals surface area (Å²) in [6.07, 6.45) is 1.41. The highest BCUT2D eigenvalue weighted by Gasteiger charge is 2.39. The van der Waals surface area contributed by atoms with Crippen molar-refractivity contribution in [3.05, 3.63) is 34.9 Å². The number of hydrogen-bond acceptors (Lipinski definition) is 6. The Bertz CT molecular complexity index is 832. The summed E-state index contributed by atoms with van der Waals surface area (Å²) in [6.45, 7) is 0.0161. The van der Waals surface area contributed by atoms with Gasteiger partial charge in [-0.15, -0.1) is 0 Å². The molecule has 0 bridgehead atoms. The fourth-order valence-electron chi connectivity index (χ4n) is 2.96. The van der Waals surface area contributed by atoms with Gasteiger partial charge in [-0.3, -0.25) is 23.9 Å². The van der Waals surface area contributed by atoms with E-state index in [2.05, 4.69) is 5.32 Å². The molecule has 9 heteroatoms. The number of imide groups is 1. The zero-order valence-corrected chi connectivity index (χ0v) is 13.8. The molecule has 2 aliphatic heterocycles. The van der Waals surface area contributed by atoms with E-state index in [9.17, 15) is 22.8 Å². The molecule has 0 aromatic heterocycles. The molecule has 2 aliphatic rings. The molecule has 2 heterocycles. The number of rotatable bonds is 4. The van der Waals surface area contributed by atoms with Crippen molar-refractivity contribution in [2.75, 3.05) is 6.26 Å². The molecule has 1 unspecified atom stereocenters. The highest BCUT2D eigenvalue weighted by atomic mass is 32.2. The summed E-state index contributed by atoms with van der Waals surface area (Å²) in [4.78, 5) is 37.3. The number of carbonyl (C=O) groups is 3. The Balaban J connectivity index is 1.84. The Hall–Kier alpha value is -2.26. The Morgan fingerprint density at radius 3 is 2.71 bits per heavy atom. The lowest BCUT2D eigenvalue weighted by atomic mass is 10.0. The Morgan fingerprint density at radius 1 is 1.29 bits per heavy atom. The van der Waals surface area contributed by atoms with Crippen LogP contribution in [0.1, 0.15) is 34.3 Å². The van der Waals surface area contributed by atoms with E-state index >= 15 is 0 Å². The molecule has 1 aromatic carbocycles. The lowest BCUT2D eigenvalue weighted by Crippen LogP contribution is -2.52. The van der Waals surface area contributed by atoms with Crippen LogP contribution < -0.4 is 5.32 Å². The second kappa shape index (κ2) is 5.99. The molecule has 1 saturated heterocycles. The van der Waals surface area contributed by atoms with Crippen molar-refractivity contribution in [1.29, 1.82) is 0 Å². The van der Waals surface area contributed by atoms with Crippen LogP contribution in [-0.4, -0.2) is 43.3 Å². The number of carbonyl (C=O) groups excluding carboxylic acids is 3. The predicted octanol–water partition coefficient (Wildman–Crippen LogP) is -0.0762. The Labute approximate surface area is 138 Å². The van der Waals surface area contributed by atoms with Gasteiger partial charge in [-0.05, 0) is 23.6 Å². The van der Waals surface area contributed by atoms with Crippen LogP contribution in [0.2, 0.25) is 0 Å². The van der Waals surface area contributed by atoms with Gasteiger partial charge < -0.3 is 4.90 Å². The van der Waals surface area contributed by atoms with Crippen LogP contribution in [0.4, 0.5) is 0 Å². The van der Waals surface area contributed by atoms with Gasteiger partial charge in [-0.25, -0.2) is 0 Å². The molecule has 0 spiro atoms. The fraction of sp³-hybridized carbons (Fsp3) is 0.400. The van der Waals surface area contributed by atoms with Gasteiger partial charge in [0.15, 0.2) is 0 Å². The molecule has 1 fully saturated rings. The lowest BCUT2D eigenvalue weighted by molar-refractivity contribution is -0.136. The molecule has 1 atom stereocenters. The molecule has 1 N–H and O–H groups in total. The maximum absolute atomic E-state index is 12.6. The minimum atomic E-state index is -3.60. The minimum Gasteiger partial charge on any atom is -0.322 e. The van der Waals surface area contributed by atoms with Gasteiger partial charge >= 0.3 is 0 Å². The van der Waals surface area contributed by atoms with Crippen LogP contribution in [0, 0.1) is 0 Å². The van der Waals surface area contributed by atoms with Crippen molar-refractivity contribution in [2.45, 2.75) is 32.0 Å². The number of piperidine rings is 1. The topological polar surface area (TPSA) is 110 Å². The second-order valence-electron chi connectivity index (χ2n) is 5.81. The second-order valence-corrected chi connectivity index (χ2v) is 7.45. The quantitative estimate of drug-likeness (QED) is 0.600. The zero-order valence-electron chi connectivity index (χ0n) is 12.9. The number of benzene rings is 1. The standard InChI is InChI=1S/C15H16N2O6S/c1-24(21,22)23-8-9-3-2-4-10-11(9)7-17(15(10)20)12-5-6-13(18)16-14(12)19/h2-4,12H,5-8H2,1H3,(H,16,18,19). The molecule has 128 valence electrons. The highest BCUT2D eigenvalue weighted by molar-refractivity contribution is 7.85. The van der Waals surface area contributed by atoms with E-state index in [1.165, 1.54) is 4.90 Å². The summed E-state index contributed by atoms with van der Waals surface area (Å²) in [7, 11) is -3.60. The van der Waals surface area contributed by atoms with Crippen molar-refractivity contribution < 1.29 is 27.0 Å². The average molecular weight is 352 g/mol. The van der Waals surface area contributed by atoms with Crippen molar-refractivity contribution in [2.24, 2.45) is 0 Å². The van der Waals surface area contributed by atoms with Gasteiger partial charge in [-0.1, -0.05) is 12.1 Å². The van der Waals surface area contributed by atoms with E-state index in [0.29, 0.717) is 16.7 Å². The largest absolute Gasteiger partial charge is 0.322 e. The summed E-state index contributed by atoms with van der Waals surface area (Å²) >= 11 is 0. The van der Waals surface area contributed by atoms with E-state index in [-0.39, 0.29) is 37.8 Å². The number of fused-ring (bicyclic) bond motifs is 1. The van der Waals surface area contributed by atoms with Crippen LogP contribution in [0.15, 0.2) is 18.2 Å². The van der Waals surface area contributed by atoms with Crippen LogP contribution in [-0.2, 0) is 37.0 Å². The number of amides is 3. The molecule has 3 amide bonds. The molecule has 24 heavy (non-hydrogen) atoms. The van der Waals surface area contributed by atoms with E-state index < -0.39 is 22.1 Å². The monoisotopic (exact) mass is 352 g/mol. The summed E-state index contributed by atoms with van der Waals surface area (Å²) in [5, 5.41) is 2.24. The van der Waals surface area contributed by atoms with Crippen LogP contribution in [0.3, 0.4) is 0 Å². The summed E-state index contributed by atoms with van der Waals surface area (Å²) in [6, 6.07) is 4.26. The molecule has 0 aliphatic carbocycles. The summed E-state index contributed by atoms with van der Waals surface area (Å²) in [5.74, 6) is -1.13. The third-order valence-corrected chi connectivity index (χ3v) is 4.65. The highest BCUT2D eigenvalue weighted by Crippen LogP contribution is 2.30. The molecular formula is C15H16N2O6S. The SMILES string of the molecule is CS(=O)(=O)OCc1cccc2c1CN(C1CCC(=O)NC1=O)C2=O. The smallest absolute Gasteiger partial charge is 0.264 e. The Kier molecular flexibility index (Phi) is 4.14. The van der Waals surface area contributed by atoms with E-state index in [1.807, 2.05) is 0 Å². The normalized spacial score (nSPS) is 21.0. The third kappa shape index (κ3) is 3.17. The van der Waals surface area contributed by atoms with Gasteiger partial charge in [0, 0.05) is 18.5 Å². The predicted molar refractivity (Wildman–Crippen MR) is 82.1 cm³/mol. The van der Waals surface area contributed by atoms with Crippen molar-refractivity contribution in [1.82, 2.24) is 10.2 Å². The summed E-state index contributed by atoms with van der Waals surface area (Å²) < 4.78 is 27.2. The number of hydrogen-bond donors (Lipinski definition) is 1. The van der Waals surface area contributed by atoms with Gasteiger partial charge in [0.25, 0.3) is 16.0 Å². The van der Waals surface area contributed by atoms with E-state index in [1.54, 1.807) is 18.2 Å². The van der Waals surface area contributed by atoms with E-state index in [4.69, 9.17) is 4.18 Å². The fourth-order valence-corrected chi connectivity index (χ4v) is 3.30.